The molecule has 0 atom stereocenters. The second kappa shape index (κ2) is 4.89. The summed E-state index contributed by atoms with van der Waals surface area (Å²) in [4.78, 5) is 0. The molecule has 0 saturated carbocycles. The number of para-hydroxylation sites is 1. The highest BCUT2D eigenvalue weighted by molar-refractivity contribution is 6.36. The summed E-state index contributed by atoms with van der Waals surface area (Å²) in [5, 5.41) is 2.18. The van der Waals surface area contributed by atoms with Crippen molar-refractivity contribution in [1.82, 2.24) is 0 Å². The van der Waals surface area contributed by atoms with Gasteiger partial charge in [0.25, 0.3) is 0 Å². The van der Waals surface area contributed by atoms with Crippen molar-refractivity contribution in [3.8, 4) is 0 Å². The molecule has 2 heteroatoms. The summed E-state index contributed by atoms with van der Waals surface area (Å²) >= 11 is 6.64. The van der Waals surface area contributed by atoms with Gasteiger partial charge in [-0.1, -0.05) is 36.6 Å². The maximum atomic E-state index is 6.64. The third-order valence-corrected chi connectivity index (χ3v) is 4.54. The fourth-order valence-electron chi connectivity index (χ4n) is 3.11. The zero-order chi connectivity index (χ0) is 12.5. The Balaban J connectivity index is 2.30. The number of fused-ring (bicyclic) bond motifs is 2. The average Bonchev–Trinajstić information content (AvgIpc) is 2.36. The van der Waals surface area contributed by atoms with Crippen LogP contribution in [0.25, 0.3) is 10.9 Å². The lowest BCUT2D eigenvalue weighted by molar-refractivity contribution is -0.653. The summed E-state index contributed by atoms with van der Waals surface area (Å²) in [6.45, 7) is 0. The van der Waals surface area contributed by atoms with E-state index in [-0.39, 0.29) is 0 Å². The van der Waals surface area contributed by atoms with E-state index in [1.54, 1.807) is 0 Å². The van der Waals surface area contributed by atoms with Gasteiger partial charge in [-0.2, -0.15) is 4.57 Å². The van der Waals surface area contributed by atoms with Crippen molar-refractivity contribution in [1.29, 1.82) is 0 Å². The molecule has 1 aromatic heterocycles. The third-order valence-electron chi connectivity index (χ3n) is 4.11. The van der Waals surface area contributed by atoms with Crippen molar-refractivity contribution in [2.24, 2.45) is 7.05 Å². The average molecular weight is 261 g/mol. The molecule has 0 N–H and O–H groups in total. The van der Waals surface area contributed by atoms with Gasteiger partial charge in [-0.3, -0.25) is 0 Å². The van der Waals surface area contributed by atoms with E-state index in [0.717, 1.165) is 17.9 Å². The number of aromatic nitrogens is 1. The van der Waals surface area contributed by atoms with Crippen LogP contribution in [0.4, 0.5) is 0 Å². The number of pyridine rings is 1. The number of rotatable bonds is 0. The summed E-state index contributed by atoms with van der Waals surface area (Å²) in [6, 6.07) is 8.47. The van der Waals surface area contributed by atoms with Crippen molar-refractivity contribution in [3.63, 3.8) is 0 Å². The van der Waals surface area contributed by atoms with Gasteiger partial charge in [0.05, 0.1) is 10.4 Å². The zero-order valence-corrected chi connectivity index (χ0v) is 11.6. The molecule has 0 saturated heterocycles. The van der Waals surface area contributed by atoms with E-state index in [2.05, 4.69) is 35.9 Å². The van der Waals surface area contributed by atoms with E-state index in [1.165, 1.54) is 47.8 Å². The summed E-state index contributed by atoms with van der Waals surface area (Å²) in [7, 11) is 2.18. The molecule has 18 heavy (non-hydrogen) atoms. The Labute approximate surface area is 113 Å². The first-order valence-electron chi connectivity index (χ1n) is 6.87. The van der Waals surface area contributed by atoms with Gasteiger partial charge in [0.1, 0.15) is 7.05 Å². The molecule has 94 valence electrons. The molecule has 0 aliphatic heterocycles. The Morgan fingerprint density at radius 2 is 1.72 bits per heavy atom. The Morgan fingerprint density at radius 1 is 1.00 bits per heavy atom. The zero-order valence-electron chi connectivity index (χ0n) is 10.9. The van der Waals surface area contributed by atoms with Gasteiger partial charge in [-0.05, 0) is 25.3 Å². The van der Waals surface area contributed by atoms with Crippen molar-refractivity contribution >= 4 is 22.5 Å². The van der Waals surface area contributed by atoms with Crippen LogP contribution in [0.2, 0.25) is 5.02 Å². The lowest BCUT2D eigenvalue weighted by Crippen LogP contribution is -2.36. The van der Waals surface area contributed by atoms with E-state index in [4.69, 9.17) is 11.6 Å². The van der Waals surface area contributed by atoms with Crippen LogP contribution >= 0.6 is 11.6 Å². The first-order valence-corrected chi connectivity index (χ1v) is 7.25. The van der Waals surface area contributed by atoms with Gasteiger partial charge in [0.15, 0.2) is 5.69 Å². The number of benzene rings is 1. The van der Waals surface area contributed by atoms with Crippen LogP contribution in [0.3, 0.4) is 0 Å². The number of nitrogens with zero attached hydrogens (tertiary/aromatic N) is 1. The van der Waals surface area contributed by atoms with Crippen LogP contribution in [0.15, 0.2) is 24.3 Å². The van der Waals surface area contributed by atoms with E-state index < -0.39 is 0 Å². The molecule has 1 nitrogen and oxygen atoms in total. The molecule has 1 heterocycles. The van der Waals surface area contributed by atoms with Crippen molar-refractivity contribution < 1.29 is 4.57 Å². The molecule has 0 spiro atoms. The third kappa shape index (κ3) is 1.91. The molecule has 1 aliphatic rings. The van der Waals surface area contributed by atoms with Gasteiger partial charge in [0, 0.05) is 18.1 Å². The lowest BCUT2D eigenvalue weighted by Gasteiger charge is -2.15. The van der Waals surface area contributed by atoms with Crippen LogP contribution in [-0.2, 0) is 19.9 Å². The molecule has 3 rings (SSSR count). The van der Waals surface area contributed by atoms with Crippen LogP contribution in [0.1, 0.15) is 36.9 Å². The second-order valence-corrected chi connectivity index (χ2v) is 5.61. The molecular weight excluding hydrogens is 242 g/mol. The van der Waals surface area contributed by atoms with E-state index in [0.29, 0.717) is 0 Å². The lowest BCUT2D eigenvalue weighted by atomic mass is 9.95. The SMILES string of the molecule is C[n+]1c2c(c(Cl)c3ccccc31)CCCCCC2. The second-order valence-electron chi connectivity index (χ2n) is 5.23. The predicted octanol–water partition coefficient (Wildman–Crippen LogP) is 3.98. The molecule has 0 bridgehead atoms. The van der Waals surface area contributed by atoms with Gasteiger partial charge in [-0.15, -0.1) is 0 Å². The maximum absolute atomic E-state index is 6.64. The fourth-order valence-corrected chi connectivity index (χ4v) is 3.47. The van der Waals surface area contributed by atoms with Crippen molar-refractivity contribution in [2.75, 3.05) is 0 Å². The highest BCUT2D eigenvalue weighted by atomic mass is 35.5. The molecule has 1 aromatic carbocycles. The summed E-state index contributed by atoms with van der Waals surface area (Å²) < 4.78 is 2.35. The van der Waals surface area contributed by atoms with Gasteiger partial charge in [-0.25, -0.2) is 0 Å². The van der Waals surface area contributed by atoms with Crippen LogP contribution in [0, 0.1) is 0 Å². The molecule has 0 fully saturated rings. The largest absolute Gasteiger partial charge is 0.213 e. The Morgan fingerprint density at radius 3 is 2.56 bits per heavy atom. The van der Waals surface area contributed by atoms with Gasteiger partial charge < -0.3 is 0 Å². The Kier molecular flexibility index (Phi) is 3.25. The van der Waals surface area contributed by atoms with Gasteiger partial charge >= 0.3 is 0 Å². The minimum Gasteiger partial charge on any atom is -0.198 e. The summed E-state index contributed by atoms with van der Waals surface area (Å²) in [6.07, 6.45) is 7.54. The molecule has 0 radical (unpaired) electrons. The van der Waals surface area contributed by atoms with E-state index in [1.807, 2.05) is 0 Å². The van der Waals surface area contributed by atoms with Crippen LogP contribution in [-0.4, -0.2) is 0 Å². The molecule has 1 aliphatic carbocycles. The van der Waals surface area contributed by atoms with Crippen molar-refractivity contribution in [3.05, 3.63) is 40.5 Å². The molecular formula is C16H19ClN+. The minimum absolute atomic E-state index is 0.987. The topological polar surface area (TPSA) is 3.88 Å². The van der Waals surface area contributed by atoms with E-state index >= 15 is 0 Å². The first-order chi connectivity index (χ1) is 8.79. The molecule has 0 amide bonds. The molecule has 0 unspecified atom stereocenters. The first kappa shape index (κ1) is 12.0. The summed E-state index contributed by atoms with van der Waals surface area (Å²) in [5.41, 5.74) is 4.08. The fraction of sp³-hybridized carbons (Fsp3) is 0.438. The number of aryl methyl sites for hydroxylation is 1. The van der Waals surface area contributed by atoms with Crippen LogP contribution in [0.5, 0.6) is 0 Å². The normalized spacial score (nSPS) is 16.1. The molecule has 2 aromatic rings. The van der Waals surface area contributed by atoms with Crippen LogP contribution < -0.4 is 4.57 Å². The summed E-state index contributed by atoms with van der Waals surface area (Å²) in [5.74, 6) is 0. The standard InChI is InChI=1S/C16H19ClN/c1-18-14-10-5-3-2-4-8-12(14)16(17)13-9-6-7-11-15(13)18/h6-7,9,11H,2-5,8,10H2,1H3/q+1. The minimum atomic E-state index is 0.987. The number of halogens is 1. The monoisotopic (exact) mass is 260 g/mol. The van der Waals surface area contributed by atoms with E-state index in [9.17, 15) is 0 Å². The quantitative estimate of drug-likeness (QED) is 0.631. The van der Waals surface area contributed by atoms with Gasteiger partial charge in [0.2, 0.25) is 5.52 Å². The number of hydrogen-bond acceptors (Lipinski definition) is 0. The maximum Gasteiger partial charge on any atom is 0.213 e. The Bertz CT molecular complexity index is 537. The highest BCUT2D eigenvalue weighted by Gasteiger charge is 2.23. The number of hydrogen-bond donors (Lipinski definition) is 0. The predicted molar refractivity (Wildman–Crippen MR) is 76.0 cm³/mol. The highest BCUT2D eigenvalue weighted by Crippen LogP contribution is 2.30. The van der Waals surface area contributed by atoms with Crippen molar-refractivity contribution in [2.45, 2.75) is 38.5 Å². The Hall–Kier alpha value is -1.08. The smallest absolute Gasteiger partial charge is 0.198 e.